The zero-order chi connectivity index (χ0) is 22.5. The second-order valence-electron chi connectivity index (χ2n) is 7.54. The molecule has 0 saturated heterocycles. The monoisotopic (exact) mass is 438 g/mol. The number of aliphatic hydroxyl groups is 1. The van der Waals surface area contributed by atoms with E-state index in [0.29, 0.717) is 12.1 Å². The molecule has 8 nitrogen and oxygen atoms in total. The second kappa shape index (κ2) is 10.3. The molecule has 0 aromatic heterocycles. The molecule has 3 atom stereocenters. The van der Waals surface area contributed by atoms with Gasteiger partial charge in [-0.15, -0.1) is 0 Å². The summed E-state index contributed by atoms with van der Waals surface area (Å²) in [5.74, 6) is 5.60. The summed E-state index contributed by atoms with van der Waals surface area (Å²) in [5, 5.41) is 9.64. The minimum atomic E-state index is -3.90. The molecule has 1 N–H and O–H groups in total. The lowest BCUT2D eigenvalue weighted by molar-refractivity contribution is -0.129. The van der Waals surface area contributed by atoms with E-state index in [1.807, 2.05) is 6.92 Å². The van der Waals surface area contributed by atoms with Crippen LogP contribution in [0.4, 0.5) is 0 Å². The number of fused-ring (bicyclic) bond motifs is 1. The molecule has 1 aliphatic heterocycles. The third kappa shape index (κ3) is 5.52. The lowest BCUT2D eigenvalue weighted by atomic mass is 10.0. The lowest BCUT2D eigenvalue weighted by Crippen LogP contribution is -2.50. The van der Waals surface area contributed by atoms with Crippen molar-refractivity contribution >= 4 is 15.9 Å². The van der Waals surface area contributed by atoms with Gasteiger partial charge in [-0.3, -0.25) is 4.79 Å². The van der Waals surface area contributed by atoms with Crippen molar-refractivity contribution in [2.24, 2.45) is 5.92 Å². The second-order valence-corrected chi connectivity index (χ2v) is 9.39. The average molecular weight is 439 g/mol. The number of benzene rings is 1. The van der Waals surface area contributed by atoms with Crippen molar-refractivity contribution in [2.75, 3.05) is 40.5 Å². The van der Waals surface area contributed by atoms with Crippen LogP contribution in [-0.4, -0.2) is 81.2 Å². The van der Waals surface area contributed by atoms with E-state index in [2.05, 4.69) is 11.8 Å². The third-order valence-corrected chi connectivity index (χ3v) is 7.13. The fourth-order valence-corrected chi connectivity index (χ4v) is 4.96. The molecule has 1 amide bonds. The van der Waals surface area contributed by atoms with E-state index in [9.17, 15) is 18.3 Å². The highest BCUT2D eigenvalue weighted by Crippen LogP contribution is 2.34. The lowest BCUT2D eigenvalue weighted by Gasteiger charge is -2.37. The number of nitrogens with zero attached hydrogens (tertiary/aromatic N) is 2. The van der Waals surface area contributed by atoms with Crippen LogP contribution in [0.25, 0.3) is 0 Å². The van der Waals surface area contributed by atoms with Crippen LogP contribution >= 0.6 is 0 Å². The van der Waals surface area contributed by atoms with Crippen LogP contribution < -0.4 is 4.74 Å². The summed E-state index contributed by atoms with van der Waals surface area (Å²) in [6, 6.07) is 4.08. The molecule has 1 aliphatic rings. The number of hydrogen-bond acceptors (Lipinski definition) is 6. The SMILES string of the molecule is COCC#Cc1ccc2c(c1)O[C@H](CN(C)C(C)=O)[C@@H](C)CN([C@@H](C)CO)S2(=O)=O. The van der Waals surface area contributed by atoms with Gasteiger partial charge < -0.3 is 19.5 Å². The van der Waals surface area contributed by atoms with Gasteiger partial charge in [0.25, 0.3) is 0 Å². The van der Waals surface area contributed by atoms with Gasteiger partial charge in [0.05, 0.1) is 13.2 Å². The molecule has 0 saturated carbocycles. The zero-order valence-corrected chi connectivity index (χ0v) is 18.9. The van der Waals surface area contributed by atoms with Gasteiger partial charge in [0, 0.05) is 45.1 Å². The summed E-state index contributed by atoms with van der Waals surface area (Å²) in [7, 11) is -0.685. The van der Waals surface area contributed by atoms with E-state index in [-0.39, 0.29) is 42.2 Å². The van der Waals surface area contributed by atoms with Crippen LogP contribution in [0.3, 0.4) is 0 Å². The molecule has 1 aromatic carbocycles. The molecule has 0 aliphatic carbocycles. The van der Waals surface area contributed by atoms with E-state index >= 15 is 0 Å². The number of aliphatic hydroxyl groups excluding tert-OH is 1. The number of ether oxygens (including phenoxy) is 2. The fourth-order valence-electron chi connectivity index (χ4n) is 3.13. The van der Waals surface area contributed by atoms with Crippen molar-refractivity contribution in [1.82, 2.24) is 9.21 Å². The Morgan fingerprint density at radius 2 is 2.17 bits per heavy atom. The van der Waals surface area contributed by atoms with Crippen molar-refractivity contribution in [3.63, 3.8) is 0 Å². The zero-order valence-electron chi connectivity index (χ0n) is 18.1. The number of sulfonamides is 1. The summed E-state index contributed by atoms with van der Waals surface area (Å²) in [6.07, 6.45) is -0.441. The van der Waals surface area contributed by atoms with Gasteiger partial charge in [-0.1, -0.05) is 18.8 Å². The van der Waals surface area contributed by atoms with Crippen molar-refractivity contribution in [3.05, 3.63) is 23.8 Å². The summed E-state index contributed by atoms with van der Waals surface area (Å²) in [4.78, 5) is 13.3. The molecule has 0 spiro atoms. The Balaban J connectivity index is 2.57. The van der Waals surface area contributed by atoms with Gasteiger partial charge in [0.2, 0.25) is 15.9 Å². The maximum absolute atomic E-state index is 13.3. The molecule has 1 aromatic rings. The fraction of sp³-hybridized carbons (Fsp3) is 0.571. The maximum atomic E-state index is 13.3. The summed E-state index contributed by atoms with van der Waals surface area (Å²) in [6.45, 7) is 5.41. The Labute approximate surface area is 178 Å². The summed E-state index contributed by atoms with van der Waals surface area (Å²) >= 11 is 0. The molecular weight excluding hydrogens is 408 g/mol. The van der Waals surface area contributed by atoms with Gasteiger partial charge >= 0.3 is 0 Å². The Kier molecular flexibility index (Phi) is 8.26. The number of rotatable bonds is 5. The topological polar surface area (TPSA) is 96.4 Å². The Hall–Kier alpha value is -2.12. The predicted octanol–water partition coefficient (Wildman–Crippen LogP) is 0.931. The van der Waals surface area contributed by atoms with Crippen LogP contribution in [0.15, 0.2) is 23.1 Å². The van der Waals surface area contributed by atoms with E-state index in [1.54, 1.807) is 38.1 Å². The van der Waals surface area contributed by atoms with Gasteiger partial charge in [-0.05, 0) is 25.1 Å². The van der Waals surface area contributed by atoms with Crippen LogP contribution in [0.1, 0.15) is 26.3 Å². The standard InChI is InChI=1S/C21H30N2O6S/c1-15-12-23(16(2)14-24)30(26,27)21-9-8-18(7-6-10-28-5)11-19(21)29-20(15)13-22(4)17(3)25/h8-9,11,15-16,20,24H,10,12-14H2,1-5H3/t15-,16-,20+/m0/s1. The number of likely N-dealkylation sites (N-methyl/N-ethyl adjacent to an activating group) is 1. The molecule has 0 fully saturated rings. The number of hydrogen-bond donors (Lipinski definition) is 1. The van der Waals surface area contributed by atoms with Gasteiger partial charge in [-0.25, -0.2) is 8.42 Å². The van der Waals surface area contributed by atoms with Crippen LogP contribution in [0.5, 0.6) is 5.75 Å². The van der Waals surface area contributed by atoms with Crippen molar-refractivity contribution in [3.8, 4) is 17.6 Å². The molecule has 0 unspecified atom stereocenters. The normalized spacial score (nSPS) is 21.8. The number of carbonyl (C=O) groups is 1. The Morgan fingerprint density at radius 1 is 1.47 bits per heavy atom. The minimum absolute atomic E-state index is 0.0162. The first-order chi connectivity index (χ1) is 14.1. The van der Waals surface area contributed by atoms with Crippen molar-refractivity contribution in [1.29, 1.82) is 0 Å². The number of methoxy groups -OCH3 is 1. The highest BCUT2D eigenvalue weighted by atomic mass is 32.2. The molecule has 30 heavy (non-hydrogen) atoms. The highest BCUT2D eigenvalue weighted by Gasteiger charge is 2.38. The Morgan fingerprint density at radius 3 is 2.77 bits per heavy atom. The van der Waals surface area contributed by atoms with Crippen molar-refractivity contribution in [2.45, 2.75) is 37.8 Å². The van der Waals surface area contributed by atoms with E-state index in [1.165, 1.54) is 17.3 Å². The summed E-state index contributed by atoms with van der Waals surface area (Å²) < 4.78 is 39.1. The largest absolute Gasteiger partial charge is 0.487 e. The molecule has 9 heteroatoms. The van der Waals surface area contributed by atoms with Crippen LogP contribution in [0, 0.1) is 17.8 Å². The van der Waals surface area contributed by atoms with Gasteiger partial charge in [0.1, 0.15) is 23.4 Å². The third-order valence-electron chi connectivity index (χ3n) is 5.11. The molecule has 2 rings (SSSR count). The molecule has 0 bridgehead atoms. The van der Waals surface area contributed by atoms with Crippen molar-refractivity contribution < 1.29 is 27.8 Å². The molecule has 0 radical (unpaired) electrons. The van der Waals surface area contributed by atoms with Gasteiger partial charge in [-0.2, -0.15) is 4.31 Å². The number of carbonyl (C=O) groups excluding carboxylic acids is 1. The van der Waals surface area contributed by atoms with Gasteiger partial charge in [0.15, 0.2) is 0 Å². The molecule has 166 valence electrons. The average Bonchev–Trinajstić information content (AvgIpc) is 2.70. The molecular formula is C21H30N2O6S. The van der Waals surface area contributed by atoms with Crippen LogP contribution in [-0.2, 0) is 19.6 Å². The summed E-state index contributed by atoms with van der Waals surface area (Å²) in [5.41, 5.74) is 0.592. The Bertz CT molecular complexity index is 921. The van der Waals surface area contributed by atoms with E-state index in [0.717, 1.165) is 0 Å². The number of amides is 1. The highest BCUT2D eigenvalue weighted by molar-refractivity contribution is 7.89. The first-order valence-corrected chi connectivity index (χ1v) is 11.2. The smallest absolute Gasteiger partial charge is 0.247 e. The first-order valence-electron chi connectivity index (χ1n) is 9.74. The maximum Gasteiger partial charge on any atom is 0.247 e. The molecule has 1 heterocycles. The first kappa shape index (κ1) is 24.2. The minimum Gasteiger partial charge on any atom is -0.487 e. The van der Waals surface area contributed by atoms with E-state index in [4.69, 9.17) is 9.47 Å². The van der Waals surface area contributed by atoms with Crippen LogP contribution in [0.2, 0.25) is 0 Å². The van der Waals surface area contributed by atoms with E-state index < -0.39 is 22.2 Å². The quantitative estimate of drug-likeness (QED) is 0.687. The predicted molar refractivity (Wildman–Crippen MR) is 113 cm³/mol.